The molecule has 0 saturated heterocycles. The first-order chi connectivity index (χ1) is 16.9. The van der Waals surface area contributed by atoms with E-state index in [1.807, 2.05) is 0 Å². The summed E-state index contributed by atoms with van der Waals surface area (Å²) in [4.78, 5) is 0. The fraction of sp³-hybridized carbons (Fsp3) is 0.692. The van der Waals surface area contributed by atoms with Gasteiger partial charge in [-0.05, 0) is 34.0 Å². The van der Waals surface area contributed by atoms with Crippen LogP contribution in [0.5, 0.6) is 0 Å². The molecule has 0 aromatic carbocycles. The fourth-order valence-electron chi connectivity index (χ4n) is 3.58. The van der Waals surface area contributed by atoms with Crippen molar-refractivity contribution in [2.75, 3.05) is 0 Å². The predicted octanol–water partition coefficient (Wildman–Crippen LogP) is 7.08. The monoisotopic (exact) mass is 654 g/mol. The first kappa shape index (κ1) is 76.9. The van der Waals surface area contributed by atoms with Crippen LogP contribution < -0.4 is 0 Å². The Labute approximate surface area is 256 Å². The summed E-state index contributed by atoms with van der Waals surface area (Å²) in [6.07, 6.45) is 0. The van der Waals surface area contributed by atoms with Gasteiger partial charge in [0.05, 0.1) is 0 Å². The molecule has 2 radical (unpaired) electrons. The Morgan fingerprint density at radius 1 is 0.263 bits per heavy atom. The molecule has 0 unspecified atom stereocenters. The van der Waals surface area contributed by atoms with E-state index in [4.69, 9.17) is 37.2 Å². The average Bonchev–Trinajstić information content (AvgIpc) is 2.88. The summed E-state index contributed by atoms with van der Waals surface area (Å²) >= 11 is 0. The van der Waals surface area contributed by atoms with Crippen molar-refractivity contribution in [3.05, 3.63) is 53.2 Å². The molecular formula is C26H42Mn2O8P2. The molecule has 218 valence electrons. The quantitative estimate of drug-likeness (QED) is 0.124. The topological polar surface area (TPSA) is 159 Å². The van der Waals surface area contributed by atoms with E-state index in [2.05, 4.69) is 136 Å². The zero-order valence-electron chi connectivity index (χ0n) is 24.4. The van der Waals surface area contributed by atoms with Crippen molar-refractivity contribution in [1.29, 1.82) is 0 Å². The predicted molar refractivity (Wildman–Crippen MR) is 136 cm³/mol. The third kappa shape index (κ3) is 76.5. The van der Waals surface area contributed by atoms with Crippen LogP contribution in [-0.2, 0) is 71.4 Å². The van der Waals surface area contributed by atoms with Gasteiger partial charge in [-0.1, -0.05) is 98.9 Å². The summed E-state index contributed by atoms with van der Waals surface area (Å²) in [5, 5.41) is 0. The number of hydrogen-bond acceptors (Lipinski definition) is 0. The normalized spacial score (nSPS) is 7.05. The van der Waals surface area contributed by atoms with Crippen molar-refractivity contribution in [1.82, 2.24) is 0 Å². The Morgan fingerprint density at radius 2 is 0.316 bits per heavy atom. The zero-order chi connectivity index (χ0) is 32.6. The van der Waals surface area contributed by atoms with Crippen LogP contribution in [0.3, 0.4) is 0 Å². The SMILES string of the molecule is CC(C)P(C(C)C)C(C)C.CC(C)P(C(C)C)C(C)C.[C-]#[O+].[C-]#[O+].[C-]#[O+].[C-]#[O+].[C-]#[O+].[C-]#[O+].[C-]#[O+].[C-]#[O+].[Mn].[Mn]. The number of hydrogen-bond donors (Lipinski definition) is 0. The molecule has 0 N–H and O–H groups in total. The molecule has 0 aliphatic rings. The second-order valence-electron chi connectivity index (χ2n) is 7.46. The van der Waals surface area contributed by atoms with E-state index in [1.165, 1.54) is 0 Å². The maximum atomic E-state index is 7.50. The molecule has 0 amide bonds. The molecule has 8 nitrogen and oxygen atoms in total. The molecule has 0 saturated carbocycles. The zero-order valence-corrected chi connectivity index (χ0v) is 28.5. The first-order valence-electron chi connectivity index (χ1n) is 10.1. The van der Waals surface area contributed by atoms with Gasteiger partial charge in [-0.25, -0.2) is 0 Å². The summed E-state index contributed by atoms with van der Waals surface area (Å²) in [5.41, 5.74) is 5.39. The van der Waals surface area contributed by atoms with Crippen molar-refractivity contribution < 1.29 is 71.4 Å². The van der Waals surface area contributed by atoms with Gasteiger partial charge in [0.15, 0.2) is 0 Å². The van der Waals surface area contributed by atoms with E-state index in [-0.39, 0.29) is 50.0 Å². The molecule has 0 aliphatic heterocycles. The van der Waals surface area contributed by atoms with E-state index < -0.39 is 0 Å². The number of rotatable bonds is 6. The molecule has 0 aromatic heterocycles. The third-order valence-electron chi connectivity index (χ3n) is 3.58. The largest absolute Gasteiger partial charge is 0 e. The average molecular weight is 654 g/mol. The minimum atomic E-state index is 0. The summed E-state index contributed by atoms with van der Waals surface area (Å²) < 4.78 is 60.0. The van der Waals surface area contributed by atoms with Gasteiger partial charge in [0.1, 0.15) is 0 Å². The van der Waals surface area contributed by atoms with Gasteiger partial charge in [-0.15, -0.1) is 0 Å². The van der Waals surface area contributed by atoms with Gasteiger partial charge in [-0.2, -0.15) is 0 Å². The molecule has 38 heavy (non-hydrogen) atoms. The Balaban J connectivity index is -0.0000000225. The Bertz CT molecular complexity index is 401. The van der Waals surface area contributed by atoms with Crippen molar-refractivity contribution in [2.45, 2.75) is 117 Å². The molecule has 0 aliphatic carbocycles. The fourth-order valence-corrected chi connectivity index (χ4v) is 10.7. The van der Waals surface area contributed by atoms with Gasteiger partial charge in [0.2, 0.25) is 0 Å². The Hall–Kier alpha value is -0.181. The van der Waals surface area contributed by atoms with Crippen LogP contribution in [0.4, 0.5) is 0 Å². The standard InChI is InChI=1S/2C9H21P.8CO.2Mn/c2*1-7(2)10(8(3)4)9(5)6;8*1-2;;/h2*7-9H,1-6H3;;;;;;;;;;. The Kier molecular flexibility index (Phi) is 169. The van der Waals surface area contributed by atoms with E-state index in [0.29, 0.717) is 0 Å². The minimum Gasteiger partial charge on any atom is 0 e. The molecule has 12 heteroatoms. The van der Waals surface area contributed by atoms with Crippen LogP contribution in [0.1, 0.15) is 83.1 Å². The Morgan fingerprint density at radius 3 is 0.316 bits per heavy atom. The van der Waals surface area contributed by atoms with Crippen molar-refractivity contribution in [3.8, 4) is 0 Å². The van der Waals surface area contributed by atoms with Gasteiger partial charge in [-0.3, -0.25) is 0 Å². The molecule has 0 bridgehead atoms. The summed E-state index contributed by atoms with van der Waals surface area (Å²) in [6.45, 7) is 64.2. The van der Waals surface area contributed by atoms with Crippen molar-refractivity contribution in [3.63, 3.8) is 0 Å². The molecular weight excluding hydrogens is 612 g/mol. The molecule has 0 atom stereocenters. The van der Waals surface area contributed by atoms with Crippen LogP contribution >= 0.6 is 15.8 Å². The summed E-state index contributed by atoms with van der Waals surface area (Å²) in [5.74, 6) is 0. The van der Waals surface area contributed by atoms with Gasteiger partial charge in [0.25, 0.3) is 0 Å². The van der Waals surface area contributed by atoms with Crippen LogP contribution in [0.15, 0.2) is 0 Å². The van der Waals surface area contributed by atoms with Crippen LogP contribution in [0.2, 0.25) is 0 Å². The van der Waals surface area contributed by atoms with Gasteiger partial charge < -0.3 is 0 Å². The molecule has 0 heterocycles. The maximum absolute atomic E-state index is 7.50. The molecule has 0 spiro atoms. The van der Waals surface area contributed by atoms with Crippen molar-refractivity contribution in [2.24, 2.45) is 0 Å². The van der Waals surface area contributed by atoms with Crippen LogP contribution in [0.25, 0.3) is 0 Å². The van der Waals surface area contributed by atoms with E-state index >= 15 is 0 Å². The first-order valence-corrected chi connectivity index (χ1v) is 13.2. The summed E-state index contributed by atoms with van der Waals surface area (Å²) in [7, 11) is 0.525. The molecule has 0 fully saturated rings. The van der Waals surface area contributed by atoms with Crippen molar-refractivity contribution >= 4 is 15.8 Å². The third-order valence-corrected chi connectivity index (χ3v) is 10.7. The van der Waals surface area contributed by atoms with Gasteiger partial charge in [0, 0.05) is 34.1 Å². The van der Waals surface area contributed by atoms with Gasteiger partial charge >= 0.3 is 90.4 Å². The summed E-state index contributed by atoms with van der Waals surface area (Å²) in [6, 6.07) is 0. The van der Waals surface area contributed by atoms with E-state index in [1.54, 1.807) is 0 Å². The molecule has 0 rings (SSSR count). The molecule has 0 aromatic rings. The second kappa shape index (κ2) is 83.3. The maximum Gasteiger partial charge on any atom is 0 e. The smallest absolute Gasteiger partial charge is 0 e. The van der Waals surface area contributed by atoms with Crippen LogP contribution in [0, 0.1) is 53.2 Å². The second-order valence-corrected chi connectivity index (χ2v) is 15.4. The van der Waals surface area contributed by atoms with E-state index in [0.717, 1.165) is 34.0 Å². The van der Waals surface area contributed by atoms with E-state index in [9.17, 15) is 0 Å². The van der Waals surface area contributed by atoms with Crippen LogP contribution in [-0.4, -0.2) is 34.0 Å². The minimum absolute atomic E-state index is 0.